The van der Waals surface area contributed by atoms with Crippen LogP contribution >= 0.6 is 0 Å². The molecule has 4 heteroatoms. The summed E-state index contributed by atoms with van der Waals surface area (Å²) < 4.78 is 1.94. The molecule has 0 saturated heterocycles. The van der Waals surface area contributed by atoms with Crippen molar-refractivity contribution in [2.24, 2.45) is 0 Å². The van der Waals surface area contributed by atoms with E-state index in [2.05, 4.69) is 10.3 Å². The summed E-state index contributed by atoms with van der Waals surface area (Å²) in [5, 5.41) is 2.92. The number of aryl methyl sites for hydroxylation is 2. The van der Waals surface area contributed by atoms with E-state index >= 15 is 0 Å². The van der Waals surface area contributed by atoms with Gasteiger partial charge in [-0.15, -0.1) is 0 Å². The molecule has 0 radical (unpaired) electrons. The van der Waals surface area contributed by atoms with Gasteiger partial charge in [0.05, 0.1) is 12.2 Å². The van der Waals surface area contributed by atoms with Gasteiger partial charge in [0, 0.05) is 18.0 Å². The molecule has 21 heavy (non-hydrogen) atoms. The first-order chi connectivity index (χ1) is 10.1. The molecule has 0 aliphatic rings. The van der Waals surface area contributed by atoms with Crippen LogP contribution in [0.2, 0.25) is 0 Å². The van der Waals surface area contributed by atoms with Gasteiger partial charge in [-0.25, -0.2) is 4.98 Å². The molecule has 4 nitrogen and oxygen atoms in total. The second-order valence-corrected chi connectivity index (χ2v) is 5.20. The van der Waals surface area contributed by atoms with Crippen molar-refractivity contribution in [1.29, 1.82) is 0 Å². The lowest BCUT2D eigenvalue weighted by Gasteiger charge is -2.07. The van der Waals surface area contributed by atoms with Crippen molar-refractivity contribution in [3.63, 3.8) is 0 Å². The van der Waals surface area contributed by atoms with Gasteiger partial charge >= 0.3 is 0 Å². The predicted molar refractivity (Wildman–Crippen MR) is 82.3 cm³/mol. The van der Waals surface area contributed by atoms with E-state index in [1.807, 2.05) is 67.0 Å². The number of hydrogen-bond donors (Lipinski definition) is 1. The van der Waals surface area contributed by atoms with Crippen molar-refractivity contribution >= 4 is 11.6 Å². The fourth-order valence-electron chi connectivity index (χ4n) is 2.41. The molecule has 106 valence electrons. The Morgan fingerprint density at radius 1 is 1.24 bits per heavy atom. The Morgan fingerprint density at radius 2 is 2.10 bits per heavy atom. The summed E-state index contributed by atoms with van der Waals surface area (Å²) in [5.41, 5.74) is 4.59. The fourth-order valence-corrected chi connectivity index (χ4v) is 2.41. The number of rotatable bonds is 3. The van der Waals surface area contributed by atoms with E-state index in [1.54, 1.807) is 0 Å². The van der Waals surface area contributed by atoms with Gasteiger partial charge in [-0.3, -0.25) is 4.79 Å². The lowest BCUT2D eigenvalue weighted by atomic mass is 10.1. The van der Waals surface area contributed by atoms with Crippen molar-refractivity contribution < 1.29 is 4.79 Å². The lowest BCUT2D eigenvalue weighted by Crippen LogP contribution is -2.23. The van der Waals surface area contributed by atoms with E-state index in [0.717, 1.165) is 22.5 Å². The largest absolute Gasteiger partial charge is 0.346 e. The third kappa shape index (κ3) is 2.79. The fraction of sp³-hybridized carbons (Fsp3) is 0.176. The molecule has 3 rings (SSSR count). The van der Waals surface area contributed by atoms with Crippen LogP contribution < -0.4 is 5.32 Å². The van der Waals surface area contributed by atoms with Crippen molar-refractivity contribution in [3.05, 3.63) is 71.2 Å². The number of aromatic nitrogens is 2. The molecule has 0 spiro atoms. The lowest BCUT2D eigenvalue weighted by molar-refractivity contribution is 0.0950. The quantitative estimate of drug-likeness (QED) is 0.801. The first kappa shape index (κ1) is 13.4. The Labute approximate surface area is 123 Å². The molecule has 0 aliphatic heterocycles. The van der Waals surface area contributed by atoms with Gasteiger partial charge in [0.1, 0.15) is 5.65 Å². The number of pyridine rings is 1. The summed E-state index contributed by atoms with van der Waals surface area (Å²) in [6, 6.07) is 11.7. The number of imidazole rings is 1. The molecule has 0 saturated carbocycles. The van der Waals surface area contributed by atoms with Crippen LogP contribution in [-0.2, 0) is 6.54 Å². The highest BCUT2D eigenvalue weighted by molar-refractivity contribution is 5.95. The van der Waals surface area contributed by atoms with Gasteiger partial charge in [-0.2, -0.15) is 0 Å². The number of hydrogen-bond acceptors (Lipinski definition) is 2. The molecule has 2 heterocycles. The maximum Gasteiger partial charge on any atom is 0.251 e. The maximum atomic E-state index is 12.2. The summed E-state index contributed by atoms with van der Waals surface area (Å²) in [6.45, 7) is 4.39. The van der Waals surface area contributed by atoms with E-state index in [-0.39, 0.29) is 5.91 Å². The summed E-state index contributed by atoms with van der Waals surface area (Å²) in [5.74, 6) is -0.0652. The van der Waals surface area contributed by atoms with E-state index in [4.69, 9.17) is 0 Å². The molecule has 0 atom stereocenters. The Kier molecular flexibility index (Phi) is 3.44. The second kappa shape index (κ2) is 5.40. The highest BCUT2D eigenvalue weighted by atomic mass is 16.1. The zero-order chi connectivity index (χ0) is 14.8. The van der Waals surface area contributed by atoms with E-state index < -0.39 is 0 Å². The molecule has 1 aromatic carbocycles. The van der Waals surface area contributed by atoms with Gasteiger partial charge < -0.3 is 9.72 Å². The second-order valence-electron chi connectivity index (χ2n) is 5.20. The predicted octanol–water partition coefficient (Wildman–Crippen LogP) is 2.88. The number of benzene rings is 1. The summed E-state index contributed by atoms with van der Waals surface area (Å²) >= 11 is 0. The van der Waals surface area contributed by atoms with Crippen molar-refractivity contribution in [2.45, 2.75) is 20.4 Å². The molecule has 2 aromatic heterocycles. The standard InChI is InChI=1S/C17H17N3O/c1-12-6-7-15(13(2)9-12)17(21)18-10-14-11-20-8-4-3-5-16(20)19-14/h3-9,11H,10H2,1-2H3,(H,18,21). The van der Waals surface area contributed by atoms with Crippen LogP contribution in [0, 0.1) is 13.8 Å². The minimum Gasteiger partial charge on any atom is -0.346 e. The van der Waals surface area contributed by atoms with E-state index in [1.165, 1.54) is 0 Å². The van der Waals surface area contributed by atoms with Gasteiger partial charge in [-0.1, -0.05) is 23.8 Å². The van der Waals surface area contributed by atoms with Crippen LogP contribution in [0.3, 0.4) is 0 Å². The minimum atomic E-state index is -0.0652. The van der Waals surface area contributed by atoms with Gasteiger partial charge in [0.25, 0.3) is 5.91 Å². The van der Waals surface area contributed by atoms with Crippen LogP contribution in [0.5, 0.6) is 0 Å². The Morgan fingerprint density at radius 3 is 2.86 bits per heavy atom. The van der Waals surface area contributed by atoms with Gasteiger partial charge in [-0.05, 0) is 37.6 Å². The van der Waals surface area contributed by atoms with Crippen LogP contribution in [0.15, 0.2) is 48.8 Å². The Bertz CT molecular complexity index is 772. The first-order valence-electron chi connectivity index (χ1n) is 6.91. The van der Waals surface area contributed by atoms with E-state index in [9.17, 15) is 4.79 Å². The monoisotopic (exact) mass is 279 g/mol. The number of nitrogens with one attached hydrogen (secondary N) is 1. The summed E-state index contributed by atoms with van der Waals surface area (Å²) in [4.78, 5) is 16.7. The first-order valence-corrected chi connectivity index (χ1v) is 6.91. The smallest absolute Gasteiger partial charge is 0.251 e. The average molecular weight is 279 g/mol. The molecule has 0 bridgehead atoms. The van der Waals surface area contributed by atoms with Crippen LogP contribution in [0.1, 0.15) is 27.2 Å². The van der Waals surface area contributed by atoms with Gasteiger partial charge in [0.15, 0.2) is 0 Å². The zero-order valence-corrected chi connectivity index (χ0v) is 12.1. The number of amides is 1. The third-order valence-electron chi connectivity index (χ3n) is 3.47. The Balaban J connectivity index is 1.73. The average Bonchev–Trinajstić information content (AvgIpc) is 2.87. The molecular weight excluding hydrogens is 262 g/mol. The molecule has 0 aliphatic carbocycles. The van der Waals surface area contributed by atoms with Crippen molar-refractivity contribution in [3.8, 4) is 0 Å². The summed E-state index contributed by atoms with van der Waals surface area (Å²) in [7, 11) is 0. The number of fused-ring (bicyclic) bond motifs is 1. The highest BCUT2D eigenvalue weighted by Crippen LogP contribution is 2.11. The molecular formula is C17H17N3O. The van der Waals surface area contributed by atoms with Crippen molar-refractivity contribution in [1.82, 2.24) is 14.7 Å². The van der Waals surface area contributed by atoms with E-state index in [0.29, 0.717) is 12.1 Å². The van der Waals surface area contributed by atoms with Gasteiger partial charge in [0.2, 0.25) is 0 Å². The van der Waals surface area contributed by atoms with Crippen LogP contribution in [-0.4, -0.2) is 15.3 Å². The number of carbonyl (C=O) groups excluding carboxylic acids is 1. The molecule has 1 N–H and O–H groups in total. The topological polar surface area (TPSA) is 46.4 Å². The van der Waals surface area contributed by atoms with Crippen molar-refractivity contribution in [2.75, 3.05) is 0 Å². The maximum absolute atomic E-state index is 12.2. The SMILES string of the molecule is Cc1ccc(C(=O)NCc2cn3ccccc3n2)c(C)c1. The Hall–Kier alpha value is -2.62. The summed E-state index contributed by atoms with van der Waals surface area (Å²) in [6.07, 6.45) is 3.87. The normalized spacial score (nSPS) is 10.8. The zero-order valence-electron chi connectivity index (χ0n) is 12.1. The number of carbonyl (C=O) groups is 1. The number of nitrogens with zero attached hydrogens (tertiary/aromatic N) is 2. The highest BCUT2D eigenvalue weighted by Gasteiger charge is 2.09. The molecule has 1 amide bonds. The molecule has 0 unspecified atom stereocenters. The van der Waals surface area contributed by atoms with Crippen LogP contribution in [0.4, 0.5) is 0 Å². The third-order valence-corrected chi connectivity index (χ3v) is 3.47. The van der Waals surface area contributed by atoms with Crippen LogP contribution in [0.25, 0.3) is 5.65 Å². The minimum absolute atomic E-state index is 0.0652. The molecule has 3 aromatic rings. The molecule has 0 fully saturated rings.